The number of aryl methyl sites for hydroxylation is 1. The van der Waals surface area contributed by atoms with E-state index >= 15 is 0 Å². The lowest BCUT2D eigenvalue weighted by Crippen LogP contribution is -2.43. The molecule has 0 aliphatic carbocycles. The standard InChI is InChI=1S/C32H40N6O2/c1-36-16-10-25(11-17-36)34-32(39)30-20-24-19-23(7-8-29(24)37(30)2)28-21-31(26-22-33-12-9-27(26)35-28)40-18-6-15-38-13-4-3-5-14-38/h7-9,12,19-22,25H,3-6,10-11,13-18H2,1-2H3,(H,34,39). The number of piperidine rings is 2. The van der Waals surface area contributed by atoms with E-state index in [1.165, 1.54) is 32.4 Å². The SMILES string of the molecule is CN1CCC(NC(=O)c2cc3cc(-c4cc(OCCCN5CCCCC5)c5cnccc5n4)ccc3n2C)CC1. The van der Waals surface area contributed by atoms with E-state index in [1.54, 1.807) is 6.20 Å². The number of ether oxygens (including phenoxy) is 1. The molecule has 1 amide bonds. The van der Waals surface area contributed by atoms with Crippen molar-refractivity contribution in [3.05, 3.63) is 54.5 Å². The summed E-state index contributed by atoms with van der Waals surface area (Å²) < 4.78 is 8.31. The number of amides is 1. The van der Waals surface area contributed by atoms with Crippen molar-refractivity contribution in [1.29, 1.82) is 0 Å². The number of nitrogens with one attached hydrogen (secondary N) is 1. The minimum absolute atomic E-state index is 0.00799. The first-order chi connectivity index (χ1) is 19.5. The summed E-state index contributed by atoms with van der Waals surface area (Å²) in [6.07, 6.45) is 10.6. The van der Waals surface area contributed by atoms with Gasteiger partial charge in [0.2, 0.25) is 0 Å². The highest BCUT2D eigenvalue weighted by Gasteiger charge is 2.21. The summed E-state index contributed by atoms with van der Waals surface area (Å²) in [6, 6.07) is 12.5. The highest BCUT2D eigenvalue weighted by molar-refractivity contribution is 6.00. The van der Waals surface area contributed by atoms with Crippen molar-refractivity contribution < 1.29 is 9.53 Å². The number of pyridine rings is 2. The normalized spacial score (nSPS) is 17.4. The van der Waals surface area contributed by atoms with Gasteiger partial charge in [-0.1, -0.05) is 12.5 Å². The first-order valence-corrected chi connectivity index (χ1v) is 14.7. The van der Waals surface area contributed by atoms with Crippen LogP contribution in [0.25, 0.3) is 33.1 Å². The maximum Gasteiger partial charge on any atom is 0.268 e. The molecule has 3 aromatic heterocycles. The van der Waals surface area contributed by atoms with E-state index in [0.29, 0.717) is 12.3 Å². The fourth-order valence-corrected chi connectivity index (χ4v) is 6.10. The first-order valence-electron chi connectivity index (χ1n) is 14.7. The molecule has 2 saturated heterocycles. The third kappa shape index (κ3) is 5.83. The van der Waals surface area contributed by atoms with Crippen LogP contribution in [0, 0.1) is 0 Å². The molecule has 2 fully saturated rings. The number of nitrogens with zero attached hydrogens (tertiary/aromatic N) is 5. The zero-order chi connectivity index (χ0) is 27.5. The largest absolute Gasteiger partial charge is 0.493 e. The Bertz CT molecular complexity index is 1480. The quantitative estimate of drug-likeness (QED) is 0.322. The van der Waals surface area contributed by atoms with Crippen molar-refractivity contribution in [3.63, 3.8) is 0 Å². The van der Waals surface area contributed by atoms with Crippen LogP contribution in [0.3, 0.4) is 0 Å². The summed E-state index contributed by atoms with van der Waals surface area (Å²) in [5.74, 6) is 0.810. The second-order valence-electron chi connectivity index (χ2n) is 11.4. The van der Waals surface area contributed by atoms with Crippen molar-refractivity contribution >= 4 is 27.7 Å². The average molecular weight is 541 g/mol. The number of likely N-dealkylation sites (tertiary alicyclic amines) is 2. The fourth-order valence-electron chi connectivity index (χ4n) is 6.10. The summed E-state index contributed by atoms with van der Waals surface area (Å²) in [6.45, 7) is 6.18. The van der Waals surface area contributed by atoms with Crippen molar-refractivity contribution in [3.8, 4) is 17.0 Å². The molecule has 8 nitrogen and oxygen atoms in total. The van der Waals surface area contributed by atoms with Gasteiger partial charge < -0.3 is 24.4 Å². The lowest BCUT2D eigenvalue weighted by atomic mass is 10.1. The zero-order valence-corrected chi connectivity index (χ0v) is 23.7. The van der Waals surface area contributed by atoms with Crippen LogP contribution in [-0.2, 0) is 7.05 Å². The minimum Gasteiger partial charge on any atom is -0.493 e. The Morgan fingerprint density at radius 1 is 1.02 bits per heavy atom. The molecular formula is C32H40N6O2. The molecule has 1 N–H and O–H groups in total. The molecule has 2 aliphatic rings. The molecule has 0 saturated carbocycles. The van der Waals surface area contributed by atoms with E-state index in [4.69, 9.17) is 9.72 Å². The molecule has 6 rings (SSSR count). The van der Waals surface area contributed by atoms with Gasteiger partial charge in [-0.2, -0.15) is 0 Å². The van der Waals surface area contributed by atoms with Gasteiger partial charge in [0.1, 0.15) is 11.4 Å². The van der Waals surface area contributed by atoms with Crippen LogP contribution < -0.4 is 10.1 Å². The van der Waals surface area contributed by atoms with Gasteiger partial charge in [-0.05, 0) is 89.6 Å². The maximum absolute atomic E-state index is 13.2. The summed E-state index contributed by atoms with van der Waals surface area (Å²) in [4.78, 5) is 27.3. The van der Waals surface area contributed by atoms with Crippen molar-refractivity contribution in [2.45, 2.75) is 44.6 Å². The van der Waals surface area contributed by atoms with Crippen LogP contribution >= 0.6 is 0 Å². The van der Waals surface area contributed by atoms with Crippen LogP contribution in [0.1, 0.15) is 49.0 Å². The Morgan fingerprint density at radius 2 is 1.85 bits per heavy atom. The molecule has 0 radical (unpaired) electrons. The summed E-state index contributed by atoms with van der Waals surface area (Å²) in [5, 5.41) is 5.20. The Morgan fingerprint density at radius 3 is 2.67 bits per heavy atom. The van der Waals surface area contributed by atoms with Gasteiger partial charge in [-0.3, -0.25) is 9.78 Å². The van der Waals surface area contributed by atoms with Crippen LogP contribution in [0.2, 0.25) is 0 Å². The number of benzene rings is 1. The third-order valence-electron chi connectivity index (χ3n) is 8.52. The Hall–Kier alpha value is -3.49. The Balaban J connectivity index is 1.21. The van der Waals surface area contributed by atoms with E-state index in [2.05, 4.69) is 45.3 Å². The zero-order valence-electron chi connectivity index (χ0n) is 23.7. The van der Waals surface area contributed by atoms with E-state index in [9.17, 15) is 4.79 Å². The van der Waals surface area contributed by atoms with E-state index in [0.717, 1.165) is 77.7 Å². The van der Waals surface area contributed by atoms with E-state index in [-0.39, 0.29) is 11.9 Å². The molecule has 0 atom stereocenters. The van der Waals surface area contributed by atoms with E-state index in [1.807, 2.05) is 36.0 Å². The van der Waals surface area contributed by atoms with Gasteiger partial charge in [0.25, 0.3) is 5.91 Å². The second kappa shape index (κ2) is 11.9. The molecule has 2 aliphatic heterocycles. The van der Waals surface area contributed by atoms with Gasteiger partial charge in [-0.25, -0.2) is 4.98 Å². The van der Waals surface area contributed by atoms with Crippen molar-refractivity contribution in [2.24, 2.45) is 7.05 Å². The van der Waals surface area contributed by atoms with Gasteiger partial charge >= 0.3 is 0 Å². The molecule has 210 valence electrons. The Labute approximate surface area is 236 Å². The van der Waals surface area contributed by atoms with E-state index < -0.39 is 0 Å². The second-order valence-corrected chi connectivity index (χ2v) is 11.4. The smallest absolute Gasteiger partial charge is 0.268 e. The highest BCUT2D eigenvalue weighted by atomic mass is 16.5. The first kappa shape index (κ1) is 26.7. The molecule has 0 spiro atoms. The lowest BCUT2D eigenvalue weighted by molar-refractivity contribution is 0.0909. The molecule has 0 bridgehead atoms. The average Bonchev–Trinajstić information content (AvgIpc) is 3.32. The molecule has 4 aromatic rings. The molecule has 0 unspecified atom stereocenters. The van der Waals surface area contributed by atoms with Crippen LogP contribution in [-0.4, -0.2) is 82.7 Å². The highest BCUT2D eigenvalue weighted by Crippen LogP contribution is 2.32. The Kier molecular flexibility index (Phi) is 7.98. The summed E-state index contributed by atoms with van der Waals surface area (Å²) >= 11 is 0. The number of fused-ring (bicyclic) bond motifs is 2. The maximum atomic E-state index is 13.2. The number of rotatable bonds is 8. The molecule has 8 heteroatoms. The fraction of sp³-hybridized carbons (Fsp3) is 0.469. The summed E-state index contributed by atoms with van der Waals surface area (Å²) in [5.41, 5.74) is 4.42. The number of hydrogen-bond donors (Lipinski definition) is 1. The van der Waals surface area contributed by atoms with Crippen molar-refractivity contribution in [1.82, 2.24) is 29.7 Å². The topological polar surface area (TPSA) is 75.5 Å². The molecule has 40 heavy (non-hydrogen) atoms. The van der Waals surface area contributed by atoms with Crippen LogP contribution in [0.5, 0.6) is 5.75 Å². The molecule has 5 heterocycles. The molecular weight excluding hydrogens is 500 g/mol. The monoisotopic (exact) mass is 540 g/mol. The van der Waals surface area contributed by atoms with Crippen molar-refractivity contribution in [2.75, 3.05) is 46.4 Å². The third-order valence-corrected chi connectivity index (χ3v) is 8.52. The van der Waals surface area contributed by atoms with Gasteiger partial charge in [0.15, 0.2) is 0 Å². The van der Waals surface area contributed by atoms with Gasteiger partial charge in [-0.15, -0.1) is 0 Å². The van der Waals surface area contributed by atoms with Gasteiger partial charge in [0.05, 0.1) is 23.2 Å². The summed E-state index contributed by atoms with van der Waals surface area (Å²) in [7, 11) is 4.09. The number of hydrogen-bond acceptors (Lipinski definition) is 6. The number of aromatic nitrogens is 3. The predicted molar refractivity (Wildman–Crippen MR) is 160 cm³/mol. The molecule has 1 aromatic carbocycles. The van der Waals surface area contributed by atoms with Gasteiger partial charge in [0, 0.05) is 54.6 Å². The number of carbonyl (C=O) groups is 1. The lowest BCUT2D eigenvalue weighted by Gasteiger charge is -2.29. The van der Waals surface area contributed by atoms with Crippen LogP contribution in [0.15, 0.2) is 48.8 Å². The minimum atomic E-state index is -0.00799. The predicted octanol–water partition coefficient (Wildman–Crippen LogP) is 4.87. The number of carbonyl (C=O) groups excluding carboxylic acids is 1. The van der Waals surface area contributed by atoms with Crippen LogP contribution in [0.4, 0.5) is 0 Å².